The predicted molar refractivity (Wildman–Crippen MR) is 222 cm³/mol. The zero-order chi connectivity index (χ0) is 34.9. The largest absolute Gasteiger partial charge is 0.208 e. The smallest absolute Gasteiger partial charge is 0.164 e. The highest BCUT2D eigenvalue weighted by atomic mass is 32.1. The van der Waals surface area contributed by atoms with Crippen molar-refractivity contribution in [3.05, 3.63) is 176 Å². The molecule has 246 valence electrons. The van der Waals surface area contributed by atoms with Gasteiger partial charge in [-0.25, -0.2) is 15.0 Å². The Bertz CT molecular complexity index is 2980. The molecule has 4 heteroatoms. The molecule has 8 aromatic carbocycles. The van der Waals surface area contributed by atoms with Crippen LogP contribution in [0.3, 0.4) is 0 Å². The molecule has 0 bridgehead atoms. The quantitative estimate of drug-likeness (QED) is 0.180. The maximum absolute atomic E-state index is 5.32. The molecule has 0 aliphatic heterocycles. The molecule has 0 saturated heterocycles. The van der Waals surface area contributed by atoms with Gasteiger partial charge < -0.3 is 0 Å². The van der Waals surface area contributed by atoms with Crippen molar-refractivity contribution in [3.63, 3.8) is 0 Å². The van der Waals surface area contributed by atoms with Crippen LogP contribution in [0.5, 0.6) is 0 Å². The van der Waals surface area contributed by atoms with Crippen LogP contribution >= 0.6 is 11.3 Å². The topological polar surface area (TPSA) is 38.7 Å². The molecule has 0 saturated carbocycles. The molecule has 1 aliphatic carbocycles. The lowest BCUT2D eigenvalue weighted by atomic mass is 9.95. The van der Waals surface area contributed by atoms with E-state index < -0.39 is 0 Å². The Kier molecular flexibility index (Phi) is 6.73. The van der Waals surface area contributed by atoms with Gasteiger partial charge in [0.25, 0.3) is 0 Å². The fourth-order valence-corrected chi connectivity index (χ4v) is 9.33. The van der Waals surface area contributed by atoms with Crippen LogP contribution in [0.25, 0.3) is 110 Å². The molecule has 53 heavy (non-hydrogen) atoms. The van der Waals surface area contributed by atoms with E-state index in [1.54, 1.807) is 0 Å². The summed E-state index contributed by atoms with van der Waals surface area (Å²) in [5.41, 5.74) is 12.7. The van der Waals surface area contributed by atoms with Crippen molar-refractivity contribution < 1.29 is 0 Å². The maximum atomic E-state index is 5.32. The summed E-state index contributed by atoms with van der Waals surface area (Å²) in [4.78, 5) is 15.7. The van der Waals surface area contributed by atoms with Crippen LogP contribution in [0.1, 0.15) is 0 Å². The summed E-state index contributed by atoms with van der Waals surface area (Å²) >= 11 is 1.86. The second-order valence-corrected chi connectivity index (χ2v) is 14.6. The van der Waals surface area contributed by atoms with Gasteiger partial charge in [0.1, 0.15) is 0 Å². The van der Waals surface area contributed by atoms with Crippen molar-refractivity contribution in [2.24, 2.45) is 0 Å². The molecule has 0 fully saturated rings. The molecule has 1 aliphatic rings. The summed E-state index contributed by atoms with van der Waals surface area (Å²) in [5, 5.41) is 5.03. The molecule has 0 atom stereocenters. The van der Waals surface area contributed by atoms with Gasteiger partial charge in [-0.05, 0) is 74.0 Å². The number of rotatable bonds is 5. The maximum Gasteiger partial charge on any atom is 0.164 e. The van der Waals surface area contributed by atoms with Crippen LogP contribution in [0.4, 0.5) is 0 Å². The molecule has 3 nitrogen and oxygen atoms in total. The van der Waals surface area contributed by atoms with Crippen molar-refractivity contribution in [3.8, 4) is 78.7 Å². The van der Waals surface area contributed by atoms with Gasteiger partial charge in [0.2, 0.25) is 0 Å². The number of aromatic nitrogens is 3. The van der Waals surface area contributed by atoms with Crippen LogP contribution in [0, 0.1) is 0 Å². The summed E-state index contributed by atoms with van der Waals surface area (Å²) in [6.07, 6.45) is 0. The SMILES string of the molecule is c1ccc(-c2cc(-c3ccccc3)cc(-c3nc(-c4ccccc4)nc(-c4cccc5sc6c7c(ccc6c45)-c4cccc5cccc-7c45)n3)c2)cc1. The van der Waals surface area contributed by atoms with Gasteiger partial charge in [0.05, 0.1) is 0 Å². The Balaban J connectivity index is 1.16. The third-order valence-corrected chi connectivity index (χ3v) is 11.6. The minimum atomic E-state index is 0.642. The molecule has 0 unspecified atom stereocenters. The van der Waals surface area contributed by atoms with Crippen LogP contribution in [0.2, 0.25) is 0 Å². The molecule has 10 aromatic rings. The normalized spacial score (nSPS) is 11.8. The van der Waals surface area contributed by atoms with E-state index >= 15 is 0 Å². The molecular weight excluding hydrogens is 663 g/mol. The first kappa shape index (κ1) is 29.9. The number of hydrogen-bond donors (Lipinski definition) is 0. The molecular formula is C49H29N3S. The Morgan fingerprint density at radius 1 is 0.340 bits per heavy atom. The molecule has 0 spiro atoms. The average molecular weight is 692 g/mol. The highest BCUT2D eigenvalue weighted by Gasteiger charge is 2.26. The molecule has 0 radical (unpaired) electrons. The Hall–Kier alpha value is -6.75. The van der Waals surface area contributed by atoms with Gasteiger partial charge >= 0.3 is 0 Å². The van der Waals surface area contributed by atoms with E-state index in [1.807, 2.05) is 29.5 Å². The first-order valence-electron chi connectivity index (χ1n) is 17.9. The van der Waals surface area contributed by atoms with Gasteiger partial charge in [-0.3, -0.25) is 0 Å². The van der Waals surface area contributed by atoms with Gasteiger partial charge in [-0.2, -0.15) is 0 Å². The van der Waals surface area contributed by atoms with Gasteiger partial charge in [0, 0.05) is 42.4 Å². The van der Waals surface area contributed by atoms with Crippen molar-refractivity contribution >= 4 is 42.3 Å². The van der Waals surface area contributed by atoms with Crippen molar-refractivity contribution in [1.29, 1.82) is 0 Å². The molecule has 2 aromatic heterocycles. The Morgan fingerprint density at radius 2 is 0.887 bits per heavy atom. The van der Waals surface area contributed by atoms with E-state index in [1.165, 1.54) is 53.2 Å². The third kappa shape index (κ3) is 4.84. The first-order chi connectivity index (χ1) is 26.3. The molecule has 0 amide bonds. The highest BCUT2D eigenvalue weighted by Crippen LogP contribution is 2.53. The monoisotopic (exact) mass is 691 g/mol. The van der Waals surface area contributed by atoms with E-state index in [-0.39, 0.29) is 0 Å². The van der Waals surface area contributed by atoms with Crippen molar-refractivity contribution in [2.45, 2.75) is 0 Å². The second kappa shape index (κ2) is 11.9. The Morgan fingerprint density at radius 3 is 1.57 bits per heavy atom. The molecule has 2 heterocycles. The zero-order valence-electron chi connectivity index (χ0n) is 28.5. The Labute approximate surface area is 310 Å². The summed E-state index contributed by atoms with van der Waals surface area (Å²) < 4.78 is 2.52. The van der Waals surface area contributed by atoms with Crippen LogP contribution in [0.15, 0.2) is 176 Å². The van der Waals surface area contributed by atoms with E-state index in [0.717, 1.165) is 38.9 Å². The van der Waals surface area contributed by atoms with E-state index in [4.69, 9.17) is 15.0 Å². The number of benzene rings is 8. The van der Waals surface area contributed by atoms with E-state index in [2.05, 4.69) is 158 Å². The second-order valence-electron chi connectivity index (χ2n) is 13.6. The highest BCUT2D eigenvalue weighted by molar-refractivity contribution is 7.26. The summed E-state index contributed by atoms with van der Waals surface area (Å²) in [5.74, 6) is 1.95. The molecule has 0 N–H and O–H groups in total. The number of nitrogens with zero attached hydrogens (tertiary/aromatic N) is 3. The fraction of sp³-hybridized carbons (Fsp3) is 0. The van der Waals surface area contributed by atoms with Crippen molar-refractivity contribution in [2.75, 3.05) is 0 Å². The van der Waals surface area contributed by atoms with Gasteiger partial charge in [-0.15, -0.1) is 11.3 Å². The summed E-state index contributed by atoms with van der Waals surface area (Å²) in [6, 6.07) is 62.4. The fourth-order valence-electron chi connectivity index (χ4n) is 8.03. The number of thiophene rings is 1. The number of hydrogen-bond acceptors (Lipinski definition) is 4. The lowest BCUT2D eigenvalue weighted by molar-refractivity contribution is 1.08. The van der Waals surface area contributed by atoms with Crippen LogP contribution in [-0.2, 0) is 0 Å². The van der Waals surface area contributed by atoms with Crippen molar-refractivity contribution in [1.82, 2.24) is 15.0 Å². The summed E-state index contributed by atoms with van der Waals surface area (Å²) in [7, 11) is 0. The third-order valence-electron chi connectivity index (χ3n) is 10.4. The minimum Gasteiger partial charge on any atom is -0.208 e. The van der Waals surface area contributed by atoms with E-state index in [0.29, 0.717) is 17.5 Å². The lowest BCUT2D eigenvalue weighted by Gasteiger charge is -2.13. The minimum absolute atomic E-state index is 0.642. The van der Waals surface area contributed by atoms with Gasteiger partial charge in [-0.1, -0.05) is 152 Å². The standard InChI is InChI=1S/C49H29N3S/c1-4-13-30(14-5-1)34-27-35(31-15-6-2-7-16-31)29-36(28-34)48-50-47(33-17-8-3-9-18-33)51-49(52-48)41-23-12-24-42-44(41)40-26-25-38-37-21-10-19-32-20-11-22-39(43(32)37)45(38)46(40)53-42/h1-29H. The van der Waals surface area contributed by atoms with Crippen LogP contribution in [-0.4, -0.2) is 15.0 Å². The van der Waals surface area contributed by atoms with Crippen LogP contribution < -0.4 is 0 Å². The summed E-state index contributed by atoms with van der Waals surface area (Å²) in [6.45, 7) is 0. The van der Waals surface area contributed by atoms with E-state index in [9.17, 15) is 0 Å². The van der Waals surface area contributed by atoms with Gasteiger partial charge in [0.15, 0.2) is 17.5 Å². The molecule has 11 rings (SSSR count). The zero-order valence-corrected chi connectivity index (χ0v) is 29.3. The first-order valence-corrected chi connectivity index (χ1v) is 18.7. The average Bonchev–Trinajstić information content (AvgIpc) is 3.78. The lowest BCUT2D eigenvalue weighted by Crippen LogP contribution is -2.01. The number of fused-ring (bicyclic) bond motifs is 7. The predicted octanol–water partition coefficient (Wildman–Crippen LogP) is 13.4.